The molecule has 3 nitrogen and oxygen atoms in total. The Labute approximate surface area is 102 Å². The first-order valence-corrected chi connectivity index (χ1v) is 6.30. The van der Waals surface area contributed by atoms with Gasteiger partial charge in [0, 0.05) is 24.1 Å². The van der Waals surface area contributed by atoms with Crippen molar-refractivity contribution < 1.29 is 0 Å². The lowest BCUT2D eigenvalue weighted by Gasteiger charge is -1.98. The molecule has 0 bridgehead atoms. The zero-order chi connectivity index (χ0) is 11.3. The molecule has 0 fully saturated rings. The molecule has 0 atom stereocenters. The molecular weight excluding hydrogens is 274 g/mol. The van der Waals surface area contributed by atoms with Crippen LogP contribution < -0.4 is 5.73 Å². The first kappa shape index (κ1) is 12.4. The van der Waals surface area contributed by atoms with E-state index in [4.69, 9.17) is 5.73 Å². The van der Waals surface area contributed by atoms with Crippen molar-refractivity contribution in [1.29, 1.82) is 0 Å². The molecule has 0 saturated carbocycles. The topological polar surface area (TPSA) is 51.3 Å². The van der Waals surface area contributed by atoms with Crippen molar-refractivity contribution in [2.24, 2.45) is 10.7 Å². The average molecular weight is 288 g/mol. The van der Waals surface area contributed by atoms with E-state index in [1.165, 1.54) is 4.88 Å². The smallest absolute Gasteiger partial charge is 0.120 e. The summed E-state index contributed by atoms with van der Waals surface area (Å²) in [6, 6.07) is 0. The molecule has 1 aromatic heterocycles. The molecule has 0 aliphatic rings. The van der Waals surface area contributed by atoms with Crippen LogP contribution in [0.15, 0.2) is 21.4 Å². The quantitative estimate of drug-likeness (QED) is 0.866. The van der Waals surface area contributed by atoms with Gasteiger partial charge >= 0.3 is 0 Å². The van der Waals surface area contributed by atoms with Gasteiger partial charge in [-0.3, -0.25) is 4.99 Å². The second kappa shape index (κ2) is 6.02. The van der Waals surface area contributed by atoms with Gasteiger partial charge in [-0.05, 0) is 41.6 Å². The lowest BCUT2D eigenvalue weighted by molar-refractivity contribution is 1.12. The Bertz CT molecular complexity index is 382. The summed E-state index contributed by atoms with van der Waals surface area (Å²) in [6.45, 7) is 4.77. The highest BCUT2D eigenvalue weighted by Gasteiger charge is 2.07. The highest BCUT2D eigenvalue weighted by Crippen LogP contribution is 2.25. The molecule has 0 aliphatic carbocycles. The highest BCUT2D eigenvalue weighted by molar-refractivity contribution is 9.10. The van der Waals surface area contributed by atoms with Crippen LogP contribution in [0.25, 0.3) is 0 Å². The molecule has 1 heterocycles. The molecule has 0 aromatic carbocycles. The van der Waals surface area contributed by atoms with Crippen LogP contribution in [0.2, 0.25) is 0 Å². The Hall–Kier alpha value is -0.680. The van der Waals surface area contributed by atoms with Crippen molar-refractivity contribution in [3.63, 3.8) is 0 Å². The normalized spacial score (nSPS) is 12.6. The maximum atomic E-state index is 5.53. The van der Waals surface area contributed by atoms with Crippen molar-refractivity contribution in [2.75, 3.05) is 6.54 Å². The summed E-state index contributed by atoms with van der Waals surface area (Å²) >= 11 is 5.11. The lowest BCUT2D eigenvalue weighted by atomic mass is 10.2. The molecule has 5 heteroatoms. The van der Waals surface area contributed by atoms with Gasteiger partial charge in [-0.25, -0.2) is 4.98 Å². The third-order valence-electron chi connectivity index (χ3n) is 1.78. The van der Waals surface area contributed by atoms with E-state index >= 15 is 0 Å². The fourth-order valence-corrected chi connectivity index (χ4v) is 2.72. The van der Waals surface area contributed by atoms with E-state index in [-0.39, 0.29) is 0 Å². The SMILES string of the molecule is CCN=CC(=CN)Cc1sc(C)nc1Br. The van der Waals surface area contributed by atoms with Gasteiger partial charge in [0.05, 0.1) is 5.01 Å². The Morgan fingerprint density at radius 3 is 2.87 bits per heavy atom. The van der Waals surface area contributed by atoms with E-state index in [9.17, 15) is 0 Å². The van der Waals surface area contributed by atoms with Crippen LogP contribution in [0.3, 0.4) is 0 Å². The number of halogens is 1. The summed E-state index contributed by atoms with van der Waals surface area (Å²) in [7, 11) is 0. The van der Waals surface area contributed by atoms with E-state index in [0.717, 1.165) is 28.1 Å². The van der Waals surface area contributed by atoms with Crippen LogP contribution in [0, 0.1) is 6.92 Å². The van der Waals surface area contributed by atoms with Crippen LogP contribution in [-0.2, 0) is 6.42 Å². The van der Waals surface area contributed by atoms with Crippen LogP contribution in [0.4, 0.5) is 0 Å². The molecule has 1 aromatic rings. The maximum Gasteiger partial charge on any atom is 0.120 e. The number of thiazole rings is 1. The van der Waals surface area contributed by atoms with Crippen molar-refractivity contribution >= 4 is 33.5 Å². The van der Waals surface area contributed by atoms with Crippen LogP contribution >= 0.6 is 27.3 Å². The fourth-order valence-electron chi connectivity index (χ4n) is 1.09. The van der Waals surface area contributed by atoms with E-state index in [0.29, 0.717) is 0 Å². The summed E-state index contributed by atoms with van der Waals surface area (Å²) in [4.78, 5) is 9.66. The third kappa shape index (κ3) is 3.76. The molecule has 1 rings (SSSR count). The second-order valence-electron chi connectivity index (χ2n) is 2.99. The molecular formula is C10H14BrN3S. The van der Waals surface area contributed by atoms with Gasteiger partial charge < -0.3 is 5.73 Å². The number of aromatic nitrogens is 1. The van der Waals surface area contributed by atoms with Gasteiger partial charge in [0.25, 0.3) is 0 Å². The van der Waals surface area contributed by atoms with E-state index in [1.807, 2.05) is 20.1 Å². The van der Waals surface area contributed by atoms with Crippen LogP contribution in [-0.4, -0.2) is 17.7 Å². The predicted molar refractivity (Wildman–Crippen MR) is 69.6 cm³/mol. The van der Waals surface area contributed by atoms with Gasteiger partial charge in [0.1, 0.15) is 4.60 Å². The fraction of sp³-hybridized carbons (Fsp3) is 0.400. The summed E-state index contributed by atoms with van der Waals surface area (Å²) in [6.07, 6.45) is 4.20. The van der Waals surface area contributed by atoms with E-state index in [2.05, 4.69) is 25.9 Å². The van der Waals surface area contributed by atoms with Gasteiger partial charge in [0.2, 0.25) is 0 Å². The van der Waals surface area contributed by atoms with Crippen molar-refractivity contribution in [1.82, 2.24) is 4.98 Å². The number of rotatable bonds is 4. The predicted octanol–water partition coefficient (Wildman–Crippen LogP) is 2.69. The molecule has 0 radical (unpaired) electrons. The Morgan fingerprint density at radius 1 is 1.67 bits per heavy atom. The van der Waals surface area contributed by atoms with Gasteiger partial charge in [-0.1, -0.05) is 0 Å². The number of hydrogen-bond acceptors (Lipinski definition) is 4. The van der Waals surface area contributed by atoms with E-state index in [1.54, 1.807) is 17.5 Å². The monoisotopic (exact) mass is 287 g/mol. The Balaban J connectivity index is 2.76. The Kier molecular flexibility index (Phi) is 4.98. The first-order chi connectivity index (χ1) is 7.17. The zero-order valence-corrected chi connectivity index (χ0v) is 11.2. The van der Waals surface area contributed by atoms with Crippen molar-refractivity contribution in [3.05, 3.63) is 26.3 Å². The van der Waals surface area contributed by atoms with Crippen LogP contribution in [0.1, 0.15) is 16.8 Å². The number of nitrogens with two attached hydrogens (primary N) is 1. The molecule has 0 saturated heterocycles. The van der Waals surface area contributed by atoms with Gasteiger partial charge in [-0.2, -0.15) is 0 Å². The summed E-state index contributed by atoms with van der Waals surface area (Å²) in [5, 5.41) is 1.06. The molecule has 2 N–H and O–H groups in total. The number of hydrogen-bond donors (Lipinski definition) is 1. The Morgan fingerprint density at radius 2 is 2.40 bits per heavy atom. The number of aliphatic imine (C=N–C) groups is 1. The van der Waals surface area contributed by atoms with Crippen molar-refractivity contribution in [3.8, 4) is 0 Å². The molecule has 82 valence electrons. The van der Waals surface area contributed by atoms with Gasteiger partial charge in [-0.15, -0.1) is 11.3 Å². The average Bonchev–Trinajstić information content (AvgIpc) is 2.52. The molecule has 0 spiro atoms. The van der Waals surface area contributed by atoms with Crippen molar-refractivity contribution in [2.45, 2.75) is 20.3 Å². The highest BCUT2D eigenvalue weighted by atomic mass is 79.9. The standard InChI is InChI=1S/C10H14BrN3S/c1-3-13-6-8(5-12)4-9-10(11)14-7(2)15-9/h5-6H,3-4,12H2,1-2H3. The molecule has 0 aliphatic heterocycles. The second-order valence-corrected chi connectivity index (χ2v) is 5.03. The number of nitrogens with zero attached hydrogens (tertiary/aromatic N) is 2. The number of aryl methyl sites for hydroxylation is 1. The zero-order valence-electron chi connectivity index (χ0n) is 8.83. The summed E-state index contributed by atoms with van der Waals surface area (Å²) < 4.78 is 0.911. The summed E-state index contributed by atoms with van der Waals surface area (Å²) in [5.41, 5.74) is 6.55. The van der Waals surface area contributed by atoms with Crippen LogP contribution in [0.5, 0.6) is 0 Å². The lowest BCUT2D eigenvalue weighted by Crippen LogP contribution is -1.95. The first-order valence-electron chi connectivity index (χ1n) is 4.69. The third-order valence-corrected chi connectivity index (χ3v) is 3.66. The van der Waals surface area contributed by atoms with Gasteiger partial charge in [0.15, 0.2) is 0 Å². The maximum absolute atomic E-state index is 5.53. The summed E-state index contributed by atoms with van der Waals surface area (Å²) in [5.74, 6) is 0. The minimum absolute atomic E-state index is 0.778. The molecule has 15 heavy (non-hydrogen) atoms. The number of allylic oxidation sites excluding steroid dienone is 1. The largest absolute Gasteiger partial charge is 0.404 e. The molecule has 0 unspecified atom stereocenters. The minimum Gasteiger partial charge on any atom is -0.404 e. The minimum atomic E-state index is 0.778. The molecule has 0 amide bonds. The van der Waals surface area contributed by atoms with E-state index < -0.39 is 0 Å².